The fraction of sp³-hybridized carbons (Fsp3) is 0.235. The molecule has 3 rings (SSSR count). The van der Waals surface area contributed by atoms with Crippen LogP contribution in [0.1, 0.15) is 30.9 Å². The Morgan fingerprint density at radius 1 is 1.05 bits per heavy atom. The number of hydrogen-bond donors (Lipinski definition) is 0. The standard InChI is InChI=1S/C17H17NS/c1-11(2)14-8-12(3)9-15(10-14)16-5-4-13-6-7-19-17(13)18-16/h4-11H,1-3H3. The minimum Gasteiger partial charge on any atom is -0.237 e. The molecule has 19 heavy (non-hydrogen) atoms. The van der Waals surface area contributed by atoms with Gasteiger partial charge in [0.05, 0.1) is 5.69 Å². The summed E-state index contributed by atoms with van der Waals surface area (Å²) in [5.41, 5.74) is 4.97. The van der Waals surface area contributed by atoms with Crippen LogP contribution in [-0.4, -0.2) is 4.98 Å². The zero-order valence-electron chi connectivity index (χ0n) is 11.5. The number of nitrogens with zero attached hydrogens (tertiary/aromatic N) is 1. The van der Waals surface area contributed by atoms with Crippen molar-refractivity contribution in [3.05, 3.63) is 52.9 Å². The van der Waals surface area contributed by atoms with Crippen LogP contribution in [0, 0.1) is 6.92 Å². The van der Waals surface area contributed by atoms with Gasteiger partial charge in [0.15, 0.2) is 0 Å². The van der Waals surface area contributed by atoms with Crippen LogP contribution in [-0.2, 0) is 0 Å². The van der Waals surface area contributed by atoms with Gasteiger partial charge in [0.25, 0.3) is 0 Å². The van der Waals surface area contributed by atoms with E-state index in [-0.39, 0.29) is 0 Å². The molecule has 0 amide bonds. The van der Waals surface area contributed by atoms with Gasteiger partial charge in [-0.05, 0) is 54.1 Å². The van der Waals surface area contributed by atoms with Gasteiger partial charge in [-0.3, -0.25) is 0 Å². The van der Waals surface area contributed by atoms with Gasteiger partial charge >= 0.3 is 0 Å². The Labute approximate surface area is 117 Å². The van der Waals surface area contributed by atoms with E-state index >= 15 is 0 Å². The summed E-state index contributed by atoms with van der Waals surface area (Å²) in [6.07, 6.45) is 0. The quantitative estimate of drug-likeness (QED) is 0.606. The fourth-order valence-corrected chi connectivity index (χ4v) is 3.07. The smallest absolute Gasteiger partial charge is 0.123 e. The van der Waals surface area contributed by atoms with Crippen molar-refractivity contribution in [3.8, 4) is 11.3 Å². The molecular formula is C17H17NS. The zero-order valence-corrected chi connectivity index (χ0v) is 12.3. The summed E-state index contributed by atoms with van der Waals surface area (Å²) in [7, 11) is 0. The van der Waals surface area contributed by atoms with E-state index in [1.54, 1.807) is 11.3 Å². The molecule has 0 radical (unpaired) electrons. The van der Waals surface area contributed by atoms with Crippen molar-refractivity contribution in [2.75, 3.05) is 0 Å². The highest BCUT2D eigenvalue weighted by Gasteiger charge is 2.06. The van der Waals surface area contributed by atoms with Crippen LogP contribution >= 0.6 is 11.3 Å². The number of fused-ring (bicyclic) bond motifs is 1. The maximum Gasteiger partial charge on any atom is 0.123 e. The number of aryl methyl sites for hydroxylation is 1. The molecule has 0 spiro atoms. The predicted octanol–water partition coefficient (Wildman–Crippen LogP) is 5.40. The van der Waals surface area contributed by atoms with E-state index < -0.39 is 0 Å². The number of thiophene rings is 1. The second kappa shape index (κ2) is 4.78. The molecule has 0 aliphatic heterocycles. The highest BCUT2D eigenvalue weighted by Crippen LogP contribution is 2.27. The van der Waals surface area contributed by atoms with Crippen molar-refractivity contribution in [2.45, 2.75) is 26.7 Å². The summed E-state index contributed by atoms with van der Waals surface area (Å²) < 4.78 is 0. The molecule has 0 N–H and O–H groups in total. The molecule has 0 saturated carbocycles. The van der Waals surface area contributed by atoms with Gasteiger partial charge in [0.1, 0.15) is 4.83 Å². The second-order valence-electron chi connectivity index (χ2n) is 5.30. The first-order valence-corrected chi connectivity index (χ1v) is 7.47. The Morgan fingerprint density at radius 3 is 2.68 bits per heavy atom. The lowest BCUT2D eigenvalue weighted by Gasteiger charge is -2.10. The fourth-order valence-electron chi connectivity index (χ4n) is 2.30. The largest absolute Gasteiger partial charge is 0.237 e. The van der Waals surface area contributed by atoms with E-state index in [2.05, 4.69) is 62.5 Å². The van der Waals surface area contributed by atoms with Crippen LogP contribution in [0.4, 0.5) is 0 Å². The van der Waals surface area contributed by atoms with Gasteiger partial charge in [0, 0.05) is 10.9 Å². The van der Waals surface area contributed by atoms with Gasteiger partial charge in [0.2, 0.25) is 0 Å². The van der Waals surface area contributed by atoms with Crippen molar-refractivity contribution in [2.24, 2.45) is 0 Å². The minimum atomic E-state index is 0.545. The molecule has 0 atom stereocenters. The number of rotatable bonds is 2. The van der Waals surface area contributed by atoms with E-state index in [0.717, 1.165) is 10.5 Å². The molecule has 0 aliphatic rings. The Kier molecular flexibility index (Phi) is 3.11. The van der Waals surface area contributed by atoms with Crippen LogP contribution < -0.4 is 0 Å². The molecule has 1 nitrogen and oxygen atoms in total. The average Bonchev–Trinajstić information content (AvgIpc) is 2.85. The summed E-state index contributed by atoms with van der Waals surface area (Å²) in [5, 5.41) is 3.32. The lowest BCUT2D eigenvalue weighted by atomic mass is 9.97. The van der Waals surface area contributed by atoms with Gasteiger partial charge in [-0.25, -0.2) is 4.98 Å². The molecular weight excluding hydrogens is 250 g/mol. The summed E-state index contributed by atoms with van der Waals surface area (Å²) in [5.74, 6) is 0.545. The SMILES string of the molecule is Cc1cc(-c2ccc3ccsc3n2)cc(C(C)C)c1. The molecule has 0 fully saturated rings. The summed E-state index contributed by atoms with van der Waals surface area (Å²) in [6, 6.07) is 13.1. The molecule has 2 heteroatoms. The zero-order chi connectivity index (χ0) is 13.4. The normalized spacial score (nSPS) is 11.4. The van der Waals surface area contributed by atoms with E-state index in [9.17, 15) is 0 Å². The molecule has 96 valence electrons. The highest BCUT2D eigenvalue weighted by atomic mass is 32.1. The minimum absolute atomic E-state index is 0.545. The van der Waals surface area contributed by atoms with Crippen molar-refractivity contribution < 1.29 is 0 Å². The van der Waals surface area contributed by atoms with Crippen molar-refractivity contribution in [3.63, 3.8) is 0 Å². The lowest BCUT2D eigenvalue weighted by Crippen LogP contribution is -1.91. The number of pyridine rings is 1. The highest BCUT2D eigenvalue weighted by molar-refractivity contribution is 7.16. The molecule has 2 aromatic heterocycles. The number of aromatic nitrogens is 1. The molecule has 0 bridgehead atoms. The molecule has 2 heterocycles. The Balaban J connectivity index is 2.14. The molecule has 0 saturated heterocycles. The van der Waals surface area contributed by atoms with Crippen LogP contribution in [0.5, 0.6) is 0 Å². The predicted molar refractivity (Wildman–Crippen MR) is 83.9 cm³/mol. The van der Waals surface area contributed by atoms with Crippen molar-refractivity contribution in [1.29, 1.82) is 0 Å². The van der Waals surface area contributed by atoms with Crippen LogP contribution in [0.15, 0.2) is 41.8 Å². The van der Waals surface area contributed by atoms with E-state index in [0.29, 0.717) is 5.92 Å². The third-order valence-corrected chi connectivity index (χ3v) is 4.20. The second-order valence-corrected chi connectivity index (χ2v) is 6.19. The summed E-state index contributed by atoms with van der Waals surface area (Å²) >= 11 is 1.70. The number of hydrogen-bond acceptors (Lipinski definition) is 2. The van der Waals surface area contributed by atoms with Crippen LogP contribution in [0.2, 0.25) is 0 Å². The van der Waals surface area contributed by atoms with Crippen LogP contribution in [0.25, 0.3) is 21.5 Å². The van der Waals surface area contributed by atoms with E-state index in [1.807, 2.05) is 0 Å². The molecule has 0 unspecified atom stereocenters. The maximum absolute atomic E-state index is 4.77. The van der Waals surface area contributed by atoms with E-state index in [1.165, 1.54) is 22.1 Å². The first-order valence-electron chi connectivity index (χ1n) is 6.60. The molecule has 0 aliphatic carbocycles. The Bertz CT molecular complexity index is 725. The Hall–Kier alpha value is -1.67. The van der Waals surface area contributed by atoms with Crippen molar-refractivity contribution in [1.82, 2.24) is 4.98 Å². The van der Waals surface area contributed by atoms with Gasteiger partial charge in [-0.15, -0.1) is 11.3 Å². The maximum atomic E-state index is 4.77. The van der Waals surface area contributed by atoms with Gasteiger partial charge < -0.3 is 0 Å². The molecule has 1 aromatic carbocycles. The van der Waals surface area contributed by atoms with Gasteiger partial charge in [-0.1, -0.05) is 25.5 Å². The third-order valence-electron chi connectivity index (χ3n) is 3.38. The number of benzene rings is 1. The first kappa shape index (κ1) is 12.4. The van der Waals surface area contributed by atoms with Crippen LogP contribution in [0.3, 0.4) is 0 Å². The average molecular weight is 267 g/mol. The molecule has 3 aromatic rings. The topological polar surface area (TPSA) is 12.9 Å². The summed E-state index contributed by atoms with van der Waals surface area (Å²) in [6.45, 7) is 6.61. The first-order chi connectivity index (χ1) is 9.13. The van der Waals surface area contributed by atoms with E-state index in [4.69, 9.17) is 4.98 Å². The summed E-state index contributed by atoms with van der Waals surface area (Å²) in [4.78, 5) is 5.88. The monoisotopic (exact) mass is 267 g/mol. The lowest BCUT2D eigenvalue weighted by molar-refractivity contribution is 0.865. The Morgan fingerprint density at radius 2 is 1.89 bits per heavy atom. The van der Waals surface area contributed by atoms with Crippen molar-refractivity contribution >= 4 is 21.6 Å². The third kappa shape index (κ3) is 2.41. The van der Waals surface area contributed by atoms with Gasteiger partial charge in [-0.2, -0.15) is 0 Å².